The van der Waals surface area contributed by atoms with Gasteiger partial charge in [-0.3, -0.25) is 0 Å². The van der Waals surface area contributed by atoms with Crippen molar-refractivity contribution in [1.29, 1.82) is 0 Å². The van der Waals surface area contributed by atoms with Crippen molar-refractivity contribution in [2.75, 3.05) is 0 Å². The molecule has 0 aliphatic rings. The lowest BCUT2D eigenvalue weighted by Crippen LogP contribution is -2.24. The molecule has 43 valence electrons. The van der Waals surface area contributed by atoms with E-state index in [2.05, 4.69) is 0 Å². The minimum atomic E-state index is -2.70. The van der Waals surface area contributed by atoms with Gasteiger partial charge in [0.2, 0.25) is 0 Å². The molecule has 0 rings (SSSR count). The van der Waals surface area contributed by atoms with Gasteiger partial charge in [-0.15, -0.1) is 0 Å². The fraction of sp³-hybridized carbons (Fsp3) is 1.00. The van der Waals surface area contributed by atoms with Crippen molar-refractivity contribution in [3.05, 3.63) is 0 Å². The van der Waals surface area contributed by atoms with Crippen LogP contribution in [0.25, 0.3) is 0 Å². The molecule has 0 aromatic rings. The van der Waals surface area contributed by atoms with E-state index in [0.29, 0.717) is 6.42 Å². The third kappa shape index (κ3) is 5.88. The van der Waals surface area contributed by atoms with Crippen molar-refractivity contribution in [2.45, 2.75) is 25.7 Å². The molecule has 0 aromatic carbocycles. The van der Waals surface area contributed by atoms with Gasteiger partial charge in [-0.2, -0.15) is 5.11 Å². The van der Waals surface area contributed by atoms with Gasteiger partial charge in [-0.05, 0) is 6.42 Å². The van der Waals surface area contributed by atoms with Crippen LogP contribution in [-0.2, 0) is 5.11 Å². The molecule has 2 N–H and O–H groups in total. The second-order valence-electron chi connectivity index (χ2n) is 1.49. The Morgan fingerprint density at radius 2 is 2.00 bits per heavy atom. The molecular weight excluding hydrogens is 96.0 g/mol. The Bertz CT molecular complexity index is 45.4. The second kappa shape index (κ2) is 2.26. The van der Waals surface area contributed by atoms with Crippen molar-refractivity contribution in [3.8, 4) is 0 Å². The molecule has 0 aromatic heterocycles. The Hall–Kier alpha value is -0.120. The number of hydrogen-bond acceptors (Lipinski definition) is 2. The third-order valence-corrected chi connectivity index (χ3v) is 0.576. The molecule has 0 bridgehead atoms. The molecule has 0 heterocycles. The summed E-state index contributed by atoms with van der Waals surface area (Å²) in [7, 11) is 0. The average Bonchev–Trinajstić information content (AvgIpc) is 1.30. The van der Waals surface area contributed by atoms with Crippen molar-refractivity contribution in [2.24, 2.45) is 0 Å². The van der Waals surface area contributed by atoms with E-state index >= 15 is 0 Å². The van der Waals surface area contributed by atoms with Gasteiger partial charge < -0.3 is 10.2 Å². The van der Waals surface area contributed by atoms with Gasteiger partial charge in [0.1, 0.15) is 0 Å². The molecule has 0 aliphatic heterocycles. The summed E-state index contributed by atoms with van der Waals surface area (Å²) in [6.45, 7) is 1.71. The zero-order valence-electron chi connectivity index (χ0n) is 4.22. The van der Waals surface area contributed by atoms with E-state index in [-0.39, 0.29) is 6.42 Å². The summed E-state index contributed by atoms with van der Waals surface area (Å²) >= 11 is 0. The van der Waals surface area contributed by atoms with Crippen LogP contribution in [0.5, 0.6) is 0 Å². The van der Waals surface area contributed by atoms with Crippen LogP contribution in [0, 0.1) is 0 Å². The van der Waals surface area contributed by atoms with Crippen LogP contribution in [-0.4, -0.2) is 16.2 Å². The zero-order chi connectivity index (χ0) is 5.91. The predicted octanol–water partition coefficient (Wildman–Crippen LogP) is -0.145. The van der Waals surface area contributed by atoms with E-state index in [9.17, 15) is 5.11 Å². The Morgan fingerprint density at radius 3 is 2.00 bits per heavy atom. The molecule has 0 saturated heterocycles. The number of hydrogen-bond donors (Lipinski definition) is 2. The second-order valence-corrected chi connectivity index (χ2v) is 1.49. The van der Waals surface area contributed by atoms with Crippen molar-refractivity contribution >= 4 is 0 Å². The Kier molecular flexibility index (Phi) is 2.22. The van der Waals surface area contributed by atoms with Crippen LogP contribution in [0.2, 0.25) is 0 Å². The maximum Gasteiger partial charge on any atom is 0.307 e. The summed E-state index contributed by atoms with van der Waals surface area (Å²) < 4.78 is 0. The molecule has 0 amide bonds. The highest BCUT2D eigenvalue weighted by molar-refractivity contribution is 4.41. The first kappa shape index (κ1) is 6.88. The summed E-state index contributed by atoms with van der Waals surface area (Å²) in [6.07, 6.45) is 0.392. The number of rotatable bonds is 2. The normalized spacial score (nSPS) is 12.0. The van der Waals surface area contributed by atoms with E-state index in [4.69, 9.17) is 10.2 Å². The van der Waals surface area contributed by atoms with Crippen LogP contribution in [0.3, 0.4) is 0 Å². The topological polar surface area (TPSA) is 60.4 Å². The number of aliphatic hydroxyl groups is 2. The SMILES string of the molecule is CCCC([O])(O)O. The van der Waals surface area contributed by atoms with Crippen LogP contribution in [0.4, 0.5) is 0 Å². The maximum atomic E-state index is 9.81. The first-order valence-electron chi connectivity index (χ1n) is 2.21. The quantitative estimate of drug-likeness (QED) is 0.480. The van der Waals surface area contributed by atoms with Crippen LogP contribution >= 0.6 is 0 Å². The van der Waals surface area contributed by atoms with Gasteiger partial charge >= 0.3 is 5.97 Å². The Labute approximate surface area is 42.2 Å². The highest BCUT2D eigenvalue weighted by Gasteiger charge is 2.17. The van der Waals surface area contributed by atoms with E-state index in [1.165, 1.54) is 0 Å². The minimum Gasteiger partial charge on any atom is -0.342 e. The monoisotopic (exact) mass is 105 g/mol. The molecule has 0 atom stereocenters. The van der Waals surface area contributed by atoms with Crippen molar-refractivity contribution in [3.63, 3.8) is 0 Å². The smallest absolute Gasteiger partial charge is 0.307 e. The third-order valence-electron chi connectivity index (χ3n) is 0.576. The predicted molar refractivity (Wildman–Crippen MR) is 22.8 cm³/mol. The lowest BCUT2D eigenvalue weighted by molar-refractivity contribution is -0.347. The molecule has 0 aliphatic carbocycles. The van der Waals surface area contributed by atoms with E-state index in [0.717, 1.165) is 0 Å². The average molecular weight is 105 g/mol. The first-order chi connectivity index (χ1) is 3.06. The highest BCUT2D eigenvalue weighted by Crippen LogP contribution is 2.02. The fourth-order valence-electron chi connectivity index (χ4n) is 0.326. The van der Waals surface area contributed by atoms with Gasteiger partial charge in [-0.1, -0.05) is 6.92 Å². The molecule has 0 spiro atoms. The summed E-state index contributed by atoms with van der Waals surface area (Å²) in [5.74, 6) is -2.70. The van der Waals surface area contributed by atoms with Crippen LogP contribution in [0.1, 0.15) is 19.8 Å². The van der Waals surface area contributed by atoms with Crippen LogP contribution in [0.15, 0.2) is 0 Å². The van der Waals surface area contributed by atoms with E-state index < -0.39 is 5.97 Å². The fourth-order valence-corrected chi connectivity index (χ4v) is 0.326. The lowest BCUT2D eigenvalue weighted by atomic mass is 10.3. The molecule has 7 heavy (non-hydrogen) atoms. The first-order valence-corrected chi connectivity index (χ1v) is 2.21. The summed E-state index contributed by atoms with van der Waals surface area (Å²) in [5.41, 5.74) is 0. The zero-order valence-corrected chi connectivity index (χ0v) is 4.22. The van der Waals surface area contributed by atoms with Crippen molar-refractivity contribution < 1.29 is 15.3 Å². The van der Waals surface area contributed by atoms with Gasteiger partial charge in [0.15, 0.2) is 0 Å². The molecule has 1 radical (unpaired) electrons. The maximum absolute atomic E-state index is 9.81. The highest BCUT2D eigenvalue weighted by atomic mass is 16.7. The lowest BCUT2D eigenvalue weighted by Gasteiger charge is -2.07. The molecule has 0 saturated carbocycles. The minimum absolute atomic E-state index is 0.104. The molecule has 0 fully saturated rings. The molecule has 3 heteroatoms. The summed E-state index contributed by atoms with van der Waals surface area (Å²) in [4.78, 5) is 0. The van der Waals surface area contributed by atoms with Gasteiger partial charge in [0, 0.05) is 6.42 Å². The van der Waals surface area contributed by atoms with E-state index in [1.807, 2.05) is 0 Å². The molecular formula is C4H9O3. The molecule has 3 nitrogen and oxygen atoms in total. The Balaban J connectivity index is 3.15. The largest absolute Gasteiger partial charge is 0.342 e. The van der Waals surface area contributed by atoms with Crippen molar-refractivity contribution in [1.82, 2.24) is 0 Å². The van der Waals surface area contributed by atoms with Gasteiger partial charge in [0.25, 0.3) is 0 Å². The van der Waals surface area contributed by atoms with Gasteiger partial charge in [-0.25, -0.2) is 0 Å². The molecule has 0 unspecified atom stereocenters. The standard InChI is InChI=1S/C4H9O3/c1-2-3-4(5,6)7/h5-6H,2-3H2,1H3. The Morgan fingerprint density at radius 1 is 1.57 bits per heavy atom. The summed E-state index contributed by atoms with van der Waals surface area (Å²) in [6, 6.07) is 0. The van der Waals surface area contributed by atoms with E-state index in [1.54, 1.807) is 6.92 Å². The van der Waals surface area contributed by atoms with Crippen LogP contribution < -0.4 is 0 Å². The van der Waals surface area contributed by atoms with Gasteiger partial charge in [0.05, 0.1) is 0 Å². The summed E-state index contributed by atoms with van der Waals surface area (Å²) in [5, 5.41) is 25.8.